The van der Waals surface area contributed by atoms with Crippen LogP contribution in [0.1, 0.15) is 12.1 Å². The van der Waals surface area contributed by atoms with Crippen LogP contribution < -0.4 is 10.6 Å². The van der Waals surface area contributed by atoms with Gasteiger partial charge in [0.1, 0.15) is 12.0 Å². The first-order chi connectivity index (χ1) is 12.5. The first-order valence-electron chi connectivity index (χ1n) is 8.42. The minimum Gasteiger partial charge on any atom is -0.340 e. The largest absolute Gasteiger partial charge is 0.340 e. The van der Waals surface area contributed by atoms with Gasteiger partial charge in [-0.2, -0.15) is 0 Å². The fourth-order valence-electron chi connectivity index (χ4n) is 3.28. The van der Waals surface area contributed by atoms with Crippen LogP contribution in [0.5, 0.6) is 0 Å². The Bertz CT molecular complexity index is 927. The van der Waals surface area contributed by atoms with Crippen LogP contribution >= 0.6 is 11.6 Å². The predicted molar refractivity (Wildman–Crippen MR) is 97.7 cm³/mol. The summed E-state index contributed by atoms with van der Waals surface area (Å²) in [6, 6.07) is 7.47. The molecule has 2 aromatic heterocycles. The summed E-state index contributed by atoms with van der Waals surface area (Å²) in [6.45, 7) is 1.27. The Balaban J connectivity index is 1.77. The molecule has 136 valence electrons. The number of alkyl halides is 1. The number of imidazole rings is 1. The van der Waals surface area contributed by atoms with Crippen molar-refractivity contribution in [1.29, 1.82) is 0 Å². The molecule has 0 saturated carbocycles. The average molecular weight is 378 g/mol. The molecule has 1 aromatic carbocycles. The van der Waals surface area contributed by atoms with E-state index in [0.717, 1.165) is 5.69 Å². The maximum Gasteiger partial charge on any atom is 0.206 e. The predicted octanol–water partition coefficient (Wildman–Crippen LogP) is 3.15. The Kier molecular flexibility index (Phi) is 4.50. The molecule has 0 amide bonds. The molecule has 0 aliphatic carbocycles. The van der Waals surface area contributed by atoms with Gasteiger partial charge in [0.2, 0.25) is 5.95 Å². The molecule has 1 saturated heterocycles. The highest BCUT2D eigenvalue weighted by Gasteiger charge is 2.29. The summed E-state index contributed by atoms with van der Waals surface area (Å²) in [5, 5.41) is 0.548. The van der Waals surface area contributed by atoms with Gasteiger partial charge in [0.15, 0.2) is 0 Å². The third kappa shape index (κ3) is 3.24. The van der Waals surface area contributed by atoms with Gasteiger partial charge in [-0.1, -0.05) is 11.6 Å². The molecule has 1 fully saturated rings. The van der Waals surface area contributed by atoms with Crippen molar-refractivity contribution >= 4 is 28.6 Å². The fourth-order valence-corrected chi connectivity index (χ4v) is 3.39. The van der Waals surface area contributed by atoms with Crippen molar-refractivity contribution in [2.45, 2.75) is 25.2 Å². The molecule has 0 bridgehead atoms. The third-order valence-electron chi connectivity index (χ3n) is 4.65. The maximum absolute atomic E-state index is 13.8. The number of halogens is 3. The minimum absolute atomic E-state index is 0.339. The van der Waals surface area contributed by atoms with E-state index in [4.69, 9.17) is 17.3 Å². The standard InChI is InChI=1S/C18H18ClF2N5/c19-11-1-3-13(23-8-11)9-26-17-7-12(20)2-4-16(17)24-18(26)25-6-5-14(21)15(22)10-25/h1-4,7-8,14-15H,5-6,9-10,22H2. The number of anilines is 1. The van der Waals surface area contributed by atoms with Crippen molar-refractivity contribution in [3.8, 4) is 0 Å². The summed E-state index contributed by atoms with van der Waals surface area (Å²) in [5.41, 5.74) is 8.00. The second-order valence-electron chi connectivity index (χ2n) is 6.51. The van der Waals surface area contributed by atoms with E-state index < -0.39 is 12.2 Å². The molecule has 1 aliphatic heterocycles. The topological polar surface area (TPSA) is 60.0 Å². The summed E-state index contributed by atoms with van der Waals surface area (Å²) in [5.74, 6) is 0.304. The number of nitrogens with two attached hydrogens (primary N) is 1. The second kappa shape index (κ2) is 6.81. The molecular formula is C18H18ClF2N5. The quantitative estimate of drug-likeness (QED) is 0.761. The van der Waals surface area contributed by atoms with E-state index in [9.17, 15) is 8.78 Å². The number of pyridine rings is 1. The summed E-state index contributed by atoms with van der Waals surface area (Å²) < 4.78 is 29.5. The molecule has 26 heavy (non-hydrogen) atoms. The molecule has 4 rings (SSSR count). The number of piperidine rings is 1. The second-order valence-corrected chi connectivity index (χ2v) is 6.95. The summed E-state index contributed by atoms with van der Waals surface area (Å²) >= 11 is 5.90. The molecule has 3 aromatic rings. The summed E-state index contributed by atoms with van der Waals surface area (Å²) in [7, 11) is 0. The Hall–Kier alpha value is -2.25. The van der Waals surface area contributed by atoms with Crippen LogP contribution in [-0.4, -0.2) is 39.8 Å². The van der Waals surface area contributed by atoms with Crippen LogP contribution in [0.2, 0.25) is 5.02 Å². The Morgan fingerprint density at radius 3 is 2.85 bits per heavy atom. The van der Waals surface area contributed by atoms with E-state index in [-0.39, 0.29) is 5.82 Å². The normalized spacial score (nSPS) is 20.7. The number of nitrogens with zero attached hydrogens (tertiary/aromatic N) is 4. The molecule has 2 atom stereocenters. The first-order valence-corrected chi connectivity index (χ1v) is 8.80. The van der Waals surface area contributed by atoms with Gasteiger partial charge >= 0.3 is 0 Å². The van der Waals surface area contributed by atoms with Gasteiger partial charge in [-0.05, 0) is 36.8 Å². The van der Waals surface area contributed by atoms with E-state index in [1.54, 1.807) is 18.3 Å². The molecular weight excluding hydrogens is 360 g/mol. The van der Waals surface area contributed by atoms with E-state index >= 15 is 0 Å². The van der Waals surface area contributed by atoms with Crippen LogP contribution in [0.15, 0.2) is 36.5 Å². The number of rotatable bonds is 3. The van der Waals surface area contributed by atoms with Crippen LogP contribution in [0.25, 0.3) is 11.0 Å². The molecule has 5 nitrogen and oxygen atoms in total. The van der Waals surface area contributed by atoms with Crippen LogP contribution in [0, 0.1) is 5.82 Å². The lowest BCUT2D eigenvalue weighted by Gasteiger charge is -2.34. The highest BCUT2D eigenvalue weighted by Crippen LogP contribution is 2.27. The Morgan fingerprint density at radius 2 is 2.12 bits per heavy atom. The average Bonchev–Trinajstić information content (AvgIpc) is 2.97. The highest BCUT2D eigenvalue weighted by atomic mass is 35.5. The monoisotopic (exact) mass is 377 g/mol. The van der Waals surface area contributed by atoms with Crippen molar-refractivity contribution in [2.75, 3.05) is 18.0 Å². The van der Waals surface area contributed by atoms with Crippen molar-refractivity contribution in [3.63, 3.8) is 0 Å². The summed E-state index contributed by atoms with van der Waals surface area (Å²) in [4.78, 5) is 10.9. The van der Waals surface area contributed by atoms with Crippen LogP contribution in [0.4, 0.5) is 14.7 Å². The van der Waals surface area contributed by atoms with Gasteiger partial charge in [0, 0.05) is 19.3 Å². The lowest BCUT2D eigenvalue weighted by Crippen LogP contribution is -2.50. The van der Waals surface area contributed by atoms with Gasteiger partial charge in [0.25, 0.3) is 0 Å². The van der Waals surface area contributed by atoms with Gasteiger partial charge in [0.05, 0.1) is 34.3 Å². The zero-order valence-corrected chi connectivity index (χ0v) is 14.7. The molecule has 0 spiro atoms. The lowest BCUT2D eigenvalue weighted by atomic mass is 10.1. The third-order valence-corrected chi connectivity index (χ3v) is 4.88. The van der Waals surface area contributed by atoms with Gasteiger partial charge in [-0.15, -0.1) is 0 Å². The van der Waals surface area contributed by atoms with Gasteiger partial charge in [-0.3, -0.25) is 4.98 Å². The first kappa shape index (κ1) is 17.2. The molecule has 2 unspecified atom stereocenters. The highest BCUT2D eigenvalue weighted by molar-refractivity contribution is 6.30. The van der Waals surface area contributed by atoms with E-state index in [1.165, 1.54) is 12.1 Å². The van der Waals surface area contributed by atoms with Crippen molar-refractivity contribution in [2.24, 2.45) is 5.73 Å². The zero-order valence-electron chi connectivity index (χ0n) is 13.9. The van der Waals surface area contributed by atoms with Crippen LogP contribution in [0.3, 0.4) is 0 Å². The smallest absolute Gasteiger partial charge is 0.206 e. The zero-order chi connectivity index (χ0) is 18.3. The SMILES string of the molecule is NC1CN(c2nc3ccc(F)cc3n2Cc2ccc(Cl)cn2)CCC1F. The lowest BCUT2D eigenvalue weighted by molar-refractivity contribution is 0.243. The van der Waals surface area contributed by atoms with Crippen molar-refractivity contribution in [1.82, 2.24) is 14.5 Å². The number of hydrogen-bond donors (Lipinski definition) is 1. The number of aromatic nitrogens is 3. The number of fused-ring (bicyclic) bond motifs is 1. The van der Waals surface area contributed by atoms with Crippen LogP contribution in [-0.2, 0) is 6.54 Å². The molecule has 2 N–H and O–H groups in total. The molecule has 0 radical (unpaired) electrons. The Labute approximate surface area is 154 Å². The van der Waals surface area contributed by atoms with E-state index in [2.05, 4.69) is 9.97 Å². The van der Waals surface area contributed by atoms with E-state index in [0.29, 0.717) is 48.1 Å². The number of benzene rings is 1. The van der Waals surface area contributed by atoms with Gasteiger partial charge in [-0.25, -0.2) is 13.8 Å². The van der Waals surface area contributed by atoms with Gasteiger partial charge < -0.3 is 15.2 Å². The van der Waals surface area contributed by atoms with Crippen molar-refractivity contribution < 1.29 is 8.78 Å². The minimum atomic E-state index is -1.01. The molecule has 3 heterocycles. The number of hydrogen-bond acceptors (Lipinski definition) is 4. The fraction of sp³-hybridized carbons (Fsp3) is 0.333. The van der Waals surface area contributed by atoms with E-state index in [1.807, 2.05) is 15.5 Å². The maximum atomic E-state index is 13.8. The molecule has 1 aliphatic rings. The Morgan fingerprint density at radius 1 is 1.27 bits per heavy atom. The molecule has 8 heteroatoms. The van der Waals surface area contributed by atoms with Crippen molar-refractivity contribution in [3.05, 3.63) is 53.1 Å². The summed E-state index contributed by atoms with van der Waals surface area (Å²) in [6.07, 6.45) is 0.901.